The van der Waals surface area contributed by atoms with E-state index in [0.717, 1.165) is 23.4 Å². The molecule has 1 heterocycles. The zero-order valence-electron chi connectivity index (χ0n) is 18.4. The molecule has 31 heavy (non-hydrogen) atoms. The number of carbonyl (C=O) groups excluding carboxylic acids is 1. The number of thioether (sulfide) groups is 1. The van der Waals surface area contributed by atoms with Crippen LogP contribution in [0.2, 0.25) is 5.02 Å². The third kappa shape index (κ3) is 6.35. The summed E-state index contributed by atoms with van der Waals surface area (Å²) in [4.78, 5) is 23.0. The van der Waals surface area contributed by atoms with E-state index >= 15 is 0 Å². The third-order valence-corrected chi connectivity index (χ3v) is 7.34. The van der Waals surface area contributed by atoms with Crippen molar-refractivity contribution in [1.82, 2.24) is 9.88 Å². The molecule has 0 saturated carbocycles. The molecule has 166 valence electrons. The van der Waals surface area contributed by atoms with E-state index in [4.69, 9.17) is 21.3 Å². The van der Waals surface area contributed by atoms with Crippen LogP contribution in [-0.2, 0) is 4.79 Å². The van der Waals surface area contributed by atoms with Crippen molar-refractivity contribution in [2.75, 3.05) is 44.9 Å². The van der Waals surface area contributed by atoms with Crippen molar-refractivity contribution in [1.29, 1.82) is 0 Å². The van der Waals surface area contributed by atoms with Gasteiger partial charge in [0.05, 0.1) is 16.8 Å². The summed E-state index contributed by atoms with van der Waals surface area (Å²) in [6.45, 7) is 3.59. The monoisotopic (exact) mass is 477 g/mol. The van der Waals surface area contributed by atoms with Gasteiger partial charge in [0, 0.05) is 23.6 Å². The molecule has 2 aromatic carbocycles. The van der Waals surface area contributed by atoms with Crippen molar-refractivity contribution in [2.45, 2.75) is 24.7 Å². The van der Waals surface area contributed by atoms with E-state index in [-0.39, 0.29) is 5.91 Å². The van der Waals surface area contributed by atoms with Crippen LogP contribution < -0.4 is 9.64 Å². The number of amides is 1. The Morgan fingerprint density at radius 1 is 1.16 bits per heavy atom. The van der Waals surface area contributed by atoms with Gasteiger partial charge in [-0.1, -0.05) is 40.6 Å². The lowest BCUT2D eigenvalue weighted by Gasteiger charge is -2.21. The van der Waals surface area contributed by atoms with Gasteiger partial charge in [-0.05, 0) is 58.3 Å². The molecule has 0 unspecified atom stereocenters. The van der Waals surface area contributed by atoms with E-state index < -0.39 is 0 Å². The van der Waals surface area contributed by atoms with Crippen LogP contribution in [0.25, 0.3) is 10.2 Å². The van der Waals surface area contributed by atoms with E-state index in [1.807, 2.05) is 20.2 Å². The number of carbonyl (C=O) groups is 1. The zero-order chi connectivity index (χ0) is 22.4. The normalized spacial score (nSPS) is 11.3. The number of halogens is 1. The maximum absolute atomic E-state index is 13.2. The van der Waals surface area contributed by atoms with Gasteiger partial charge in [-0.2, -0.15) is 0 Å². The molecule has 1 aromatic heterocycles. The molecule has 5 nitrogen and oxygen atoms in total. The van der Waals surface area contributed by atoms with Crippen molar-refractivity contribution in [2.24, 2.45) is 0 Å². The summed E-state index contributed by atoms with van der Waals surface area (Å²) in [6, 6.07) is 12.0. The molecule has 0 spiro atoms. The Bertz CT molecular complexity index is 1020. The van der Waals surface area contributed by atoms with Crippen molar-refractivity contribution in [3.63, 3.8) is 0 Å². The van der Waals surface area contributed by atoms with E-state index in [2.05, 4.69) is 36.1 Å². The molecule has 0 saturated heterocycles. The topological polar surface area (TPSA) is 45.7 Å². The average molecular weight is 478 g/mol. The molecule has 0 radical (unpaired) electrons. The summed E-state index contributed by atoms with van der Waals surface area (Å²) in [6.07, 6.45) is 1.31. The van der Waals surface area contributed by atoms with Crippen LogP contribution in [0.15, 0.2) is 41.3 Å². The van der Waals surface area contributed by atoms with Gasteiger partial charge in [-0.15, -0.1) is 11.8 Å². The number of hydrogen-bond acceptors (Lipinski definition) is 6. The van der Waals surface area contributed by atoms with Crippen molar-refractivity contribution in [3.8, 4) is 5.75 Å². The summed E-state index contributed by atoms with van der Waals surface area (Å²) < 4.78 is 6.29. The summed E-state index contributed by atoms with van der Waals surface area (Å²) in [5.41, 5.74) is 1.94. The van der Waals surface area contributed by atoms with Gasteiger partial charge >= 0.3 is 0 Å². The van der Waals surface area contributed by atoms with Gasteiger partial charge in [0.2, 0.25) is 5.91 Å². The van der Waals surface area contributed by atoms with Crippen LogP contribution in [0.3, 0.4) is 0 Å². The second-order valence-electron chi connectivity index (χ2n) is 7.54. The minimum absolute atomic E-state index is 0.0764. The molecule has 0 N–H and O–H groups in total. The number of nitrogens with zero attached hydrogens (tertiary/aromatic N) is 3. The molecule has 3 aromatic rings. The zero-order valence-corrected chi connectivity index (χ0v) is 20.7. The van der Waals surface area contributed by atoms with E-state index in [9.17, 15) is 4.79 Å². The van der Waals surface area contributed by atoms with Gasteiger partial charge in [-0.25, -0.2) is 4.98 Å². The highest BCUT2D eigenvalue weighted by Gasteiger charge is 2.21. The van der Waals surface area contributed by atoms with E-state index in [1.54, 1.807) is 29.8 Å². The van der Waals surface area contributed by atoms with Crippen molar-refractivity contribution < 1.29 is 9.53 Å². The molecule has 0 fully saturated rings. The van der Waals surface area contributed by atoms with Crippen LogP contribution in [-0.4, -0.2) is 55.8 Å². The maximum Gasteiger partial charge on any atom is 0.229 e. The minimum Gasteiger partial charge on any atom is -0.494 e. The first-order valence-corrected chi connectivity index (χ1v) is 12.3. The lowest BCUT2D eigenvalue weighted by molar-refractivity contribution is -0.118. The fourth-order valence-corrected chi connectivity index (χ4v) is 5.26. The lowest BCUT2D eigenvalue weighted by Crippen LogP contribution is -2.33. The fourth-order valence-electron chi connectivity index (χ4n) is 3.12. The molecule has 0 aliphatic heterocycles. The first-order chi connectivity index (χ1) is 14.9. The van der Waals surface area contributed by atoms with Gasteiger partial charge in [0.25, 0.3) is 0 Å². The second kappa shape index (κ2) is 11.2. The fraction of sp³-hybridized carbons (Fsp3) is 0.391. The van der Waals surface area contributed by atoms with Crippen LogP contribution in [0.5, 0.6) is 5.75 Å². The van der Waals surface area contributed by atoms with Crippen LogP contribution in [0.4, 0.5) is 5.13 Å². The average Bonchev–Trinajstić information content (AvgIpc) is 3.18. The Hall–Kier alpha value is -1.80. The smallest absolute Gasteiger partial charge is 0.229 e. The van der Waals surface area contributed by atoms with Gasteiger partial charge in [-0.3, -0.25) is 9.69 Å². The molecule has 0 aliphatic rings. The molecular formula is C23H28ClN3O2S2. The number of rotatable bonds is 10. The minimum atomic E-state index is 0.0764. The number of aryl methyl sites for hydroxylation is 1. The van der Waals surface area contributed by atoms with Crippen LogP contribution in [0.1, 0.15) is 18.4 Å². The molecule has 3 rings (SSSR count). The molecule has 0 atom stereocenters. The standard InChI is InChI=1S/C23H28ClN3O2S2/c1-16-6-8-17(9-7-16)30-15-12-20(28)27(14-5-13-26(2)3)23-25-21-19(29-4)11-10-18(24)22(21)31-23/h6-11H,5,12-15H2,1-4H3. The number of ether oxygens (including phenoxy) is 1. The number of aromatic nitrogens is 1. The third-order valence-electron chi connectivity index (χ3n) is 4.79. The summed E-state index contributed by atoms with van der Waals surface area (Å²) in [5.74, 6) is 1.46. The second-order valence-corrected chi connectivity index (χ2v) is 10.1. The molecule has 0 aliphatic carbocycles. The number of methoxy groups -OCH3 is 1. The van der Waals surface area contributed by atoms with E-state index in [1.165, 1.54) is 21.8 Å². The van der Waals surface area contributed by atoms with Crippen molar-refractivity contribution >= 4 is 56.0 Å². The largest absolute Gasteiger partial charge is 0.494 e. The summed E-state index contributed by atoms with van der Waals surface area (Å²) in [7, 11) is 5.68. The molecule has 1 amide bonds. The Morgan fingerprint density at radius 2 is 1.90 bits per heavy atom. The predicted octanol–water partition coefficient (Wildman–Crippen LogP) is 5.73. The number of hydrogen-bond donors (Lipinski definition) is 0. The SMILES string of the molecule is COc1ccc(Cl)c2sc(N(CCCN(C)C)C(=O)CCSc3ccc(C)cc3)nc12. The number of thiazole rings is 1. The molecular weight excluding hydrogens is 450 g/mol. The van der Waals surface area contributed by atoms with Gasteiger partial charge in [0.1, 0.15) is 11.3 Å². The Morgan fingerprint density at radius 3 is 2.58 bits per heavy atom. The summed E-state index contributed by atoms with van der Waals surface area (Å²) in [5, 5.41) is 1.29. The van der Waals surface area contributed by atoms with E-state index in [0.29, 0.717) is 34.4 Å². The summed E-state index contributed by atoms with van der Waals surface area (Å²) >= 11 is 9.53. The van der Waals surface area contributed by atoms with Gasteiger partial charge < -0.3 is 9.64 Å². The quantitative estimate of drug-likeness (QED) is 0.349. The highest BCUT2D eigenvalue weighted by atomic mass is 35.5. The lowest BCUT2D eigenvalue weighted by atomic mass is 10.2. The highest BCUT2D eigenvalue weighted by Crippen LogP contribution is 2.39. The highest BCUT2D eigenvalue weighted by molar-refractivity contribution is 7.99. The Kier molecular flexibility index (Phi) is 8.60. The first-order valence-electron chi connectivity index (χ1n) is 10.2. The van der Waals surface area contributed by atoms with Crippen LogP contribution in [0, 0.1) is 6.92 Å². The number of fused-ring (bicyclic) bond motifs is 1. The van der Waals surface area contributed by atoms with Crippen molar-refractivity contribution in [3.05, 3.63) is 47.0 Å². The maximum atomic E-state index is 13.2. The molecule has 0 bridgehead atoms. The van der Waals surface area contributed by atoms with Gasteiger partial charge in [0.15, 0.2) is 5.13 Å². The van der Waals surface area contributed by atoms with Crippen LogP contribution >= 0.6 is 34.7 Å². The Balaban J connectivity index is 1.77. The Labute approximate surface area is 197 Å². The predicted molar refractivity (Wildman–Crippen MR) is 133 cm³/mol. The first kappa shape index (κ1) is 23.9. The number of anilines is 1. The molecule has 8 heteroatoms. The number of benzene rings is 2.